The number of ketones is 1. The Labute approximate surface area is 91.5 Å². The molecule has 0 bridgehead atoms. The Hall–Kier alpha value is -1.31. The summed E-state index contributed by atoms with van der Waals surface area (Å²) in [5, 5.41) is 0. The molecule has 0 saturated carbocycles. The van der Waals surface area contributed by atoms with Crippen molar-refractivity contribution in [1.29, 1.82) is 0 Å². The van der Waals surface area contributed by atoms with Gasteiger partial charge in [-0.2, -0.15) is 0 Å². The van der Waals surface area contributed by atoms with Gasteiger partial charge in [-0.05, 0) is 24.5 Å². The first-order chi connectivity index (χ1) is 6.93. The highest BCUT2D eigenvalue weighted by atomic mass is 16.1. The lowest BCUT2D eigenvalue weighted by molar-refractivity contribution is 0.0900. The topological polar surface area (TPSA) is 43.1 Å². The second-order valence-corrected chi connectivity index (χ2v) is 4.47. The van der Waals surface area contributed by atoms with Crippen LogP contribution in [-0.4, -0.2) is 5.78 Å². The summed E-state index contributed by atoms with van der Waals surface area (Å²) in [6.07, 6.45) is 0. The Morgan fingerprint density at radius 1 is 1.27 bits per heavy atom. The molecule has 0 saturated heterocycles. The van der Waals surface area contributed by atoms with Crippen molar-refractivity contribution >= 4 is 11.5 Å². The largest absolute Gasteiger partial charge is 0.398 e. The summed E-state index contributed by atoms with van der Waals surface area (Å²) in [6.45, 7) is 8.01. The molecule has 0 aliphatic carbocycles. The standard InChI is InChI=1S/C13H19NO/c1-8(2)10(4)13(15)11-6-5-9(3)12(14)7-11/h5-8,10H,14H2,1-4H3. The Kier molecular flexibility index (Phi) is 3.51. The zero-order valence-corrected chi connectivity index (χ0v) is 9.87. The van der Waals surface area contributed by atoms with Gasteiger partial charge in [0.25, 0.3) is 0 Å². The van der Waals surface area contributed by atoms with E-state index in [1.807, 2.05) is 26.0 Å². The third-order valence-corrected chi connectivity index (χ3v) is 2.98. The van der Waals surface area contributed by atoms with Crippen LogP contribution < -0.4 is 5.73 Å². The summed E-state index contributed by atoms with van der Waals surface area (Å²) < 4.78 is 0. The van der Waals surface area contributed by atoms with Crippen LogP contribution in [0, 0.1) is 18.8 Å². The molecule has 0 heterocycles. The Balaban J connectivity index is 2.97. The highest BCUT2D eigenvalue weighted by molar-refractivity contribution is 5.98. The van der Waals surface area contributed by atoms with Gasteiger partial charge in [0.1, 0.15) is 0 Å². The predicted molar refractivity (Wildman–Crippen MR) is 63.9 cm³/mol. The van der Waals surface area contributed by atoms with Gasteiger partial charge in [-0.3, -0.25) is 4.79 Å². The molecule has 1 aromatic rings. The zero-order valence-electron chi connectivity index (χ0n) is 9.87. The smallest absolute Gasteiger partial charge is 0.165 e. The fourth-order valence-corrected chi connectivity index (χ4v) is 1.36. The van der Waals surface area contributed by atoms with E-state index >= 15 is 0 Å². The van der Waals surface area contributed by atoms with Gasteiger partial charge in [-0.25, -0.2) is 0 Å². The fourth-order valence-electron chi connectivity index (χ4n) is 1.36. The molecule has 15 heavy (non-hydrogen) atoms. The van der Waals surface area contributed by atoms with E-state index in [1.165, 1.54) is 0 Å². The minimum atomic E-state index is 0.0482. The summed E-state index contributed by atoms with van der Waals surface area (Å²) >= 11 is 0. The van der Waals surface area contributed by atoms with Crippen molar-refractivity contribution in [2.24, 2.45) is 11.8 Å². The first-order valence-electron chi connectivity index (χ1n) is 5.33. The van der Waals surface area contributed by atoms with Crippen molar-refractivity contribution in [3.8, 4) is 0 Å². The molecular formula is C13H19NO. The first-order valence-corrected chi connectivity index (χ1v) is 5.33. The van der Waals surface area contributed by atoms with Crippen LogP contribution in [-0.2, 0) is 0 Å². The van der Waals surface area contributed by atoms with Crippen molar-refractivity contribution in [3.05, 3.63) is 29.3 Å². The lowest BCUT2D eigenvalue weighted by Gasteiger charge is -2.14. The Bertz CT molecular complexity index is 369. The molecular weight excluding hydrogens is 186 g/mol. The normalized spacial score (nSPS) is 12.9. The lowest BCUT2D eigenvalue weighted by atomic mass is 9.89. The van der Waals surface area contributed by atoms with Crippen LogP contribution in [0.15, 0.2) is 18.2 Å². The molecule has 0 aliphatic heterocycles. The summed E-state index contributed by atoms with van der Waals surface area (Å²) in [7, 11) is 0. The number of nitrogen functional groups attached to an aromatic ring is 1. The minimum absolute atomic E-state index is 0.0482. The lowest BCUT2D eigenvalue weighted by Crippen LogP contribution is -2.17. The maximum Gasteiger partial charge on any atom is 0.165 e. The number of benzene rings is 1. The summed E-state index contributed by atoms with van der Waals surface area (Å²) in [6, 6.07) is 5.53. The maximum absolute atomic E-state index is 12.0. The predicted octanol–water partition coefficient (Wildman–Crippen LogP) is 3.05. The van der Waals surface area contributed by atoms with Gasteiger partial charge in [-0.15, -0.1) is 0 Å². The molecule has 0 amide bonds. The van der Waals surface area contributed by atoms with E-state index in [0.717, 1.165) is 11.1 Å². The molecule has 0 fully saturated rings. The molecule has 0 spiro atoms. The molecule has 0 aliphatic rings. The number of nitrogens with two attached hydrogens (primary N) is 1. The monoisotopic (exact) mass is 205 g/mol. The summed E-state index contributed by atoms with van der Waals surface area (Å²) in [5.74, 6) is 0.587. The van der Waals surface area contributed by atoms with Gasteiger partial charge in [0.15, 0.2) is 5.78 Å². The highest BCUT2D eigenvalue weighted by Crippen LogP contribution is 2.20. The average Bonchev–Trinajstić information content (AvgIpc) is 2.19. The van der Waals surface area contributed by atoms with Crippen molar-refractivity contribution in [3.63, 3.8) is 0 Å². The van der Waals surface area contributed by atoms with Crippen LogP contribution in [0.3, 0.4) is 0 Å². The van der Waals surface area contributed by atoms with E-state index in [0.29, 0.717) is 11.6 Å². The number of hydrogen-bond acceptors (Lipinski definition) is 2. The Morgan fingerprint density at radius 2 is 1.87 bits per heavy atom. The van der Waals surface area contributed by atoms with E-state index in [9.17, 15) is 4.79 Å². The van der Waals surface area contributed by atoms with E-state index in [2.05, 4.69) is 13.8 Å². The molecule has 1 aromatic carbocycles. The SMILES string of the molecule is Cc1ccc(C(=O)C(C)C(C)C)cc1N. The number of Topliss-reactive ketones (excluding diaryl/α,β-unsaturated/α-hetero) is 1. The molecule has 0 aromatic heterocycles. The number of hydrogen-bond donors (Lipinski definition) is 1. The van der Waals surface area contributed by atoms with Crippen molar-refractivity contribution < 1.29 is 4.79 Å². The van der Waals surface area contributed by atoms with E-state index < -0.39 is 0 Å². The van der Waals surface area contributed by atoms with Gasteiger partial charge in [0, 0.05) is 17.2 Å². The third kappa shape index (κ3) is 2.58. The number of carbonyl (C=O) groups excluding carboxylic acids is 1. The number of rotatable bonds is 3. The summed E-state index contributed by atoms with van der Waals surface area (Å²) in [4.78, 5) is 12.0. The zero-order chi connectivity index (χ0) is 11.6. The number of aryl methyl sites for hydroxylation is 1. The van der Waals surface area contributed by atoms with Gasteiger partial charge in [-0.1, -0.05) is 32.9 Å². The summed E-state index contributed by atoms with van der Waals surface area (Å²) in [5.41, 5.74) is 8.21. The number of carbonyl (C=O) groups is 1. The second-order valence-electron chi connectivity index (χ2n) is 4.47. The highest BCUT2D eigenvalue weighted by Gasteiger charge is 2.18. The van der Waals surface area contributed by atoms with E-state index in [4.69, 9.17) is 5.73 Å². The molecule has 0 radical (unpaired) electrons. The Morgan fingerprint density at radius 3 is 2.33 bits per heavy atom. The van der Waals surface area contributed by atoms with E-state index in [-0.39, 0.29) is 11.7 Å². The van der Waals surface area contributed by atoms with Gasteiger partial charge in [0.05, 0.1) is 0 Å². The quantitative estimate of drug-likeness (QED) is 0.608. The first kappa shape index (κ1) is 11.8. The fraction of sp³-hybridized carbons (Fsp3) is 0.462. The maximum atomic E-state index is 12.0. The average molecular weight is 205 g/mol. The van der Waals surface area contributed by atoms with Crippen LogP contribution in [0.5, 0.6) is 0 Å². The van der Waals surface area contributed by atoms with Crippen LogP contribution in [0.1, 0.15) is 36.7 Å². The van der Waals surface area contributed by atoms with Crippen LogP contribution in [0.25, 0.3) is 0 Å². The van der Waals surface area contributed by atoms with Crippen LogP contribution in [0.4, 0.5) is 5.69 Å². The van der Waals surface area contributed by atoms with Gasteiger partial charge < -0.3 is 5.73 Å². The van der Waals surface area contributed by atoms with Crippen molar-refractivity contribution in [2.45, 2.75) is 27.7 Å². The van der Waals surface area contributed by atoms with Crippen LogP contribution in [0.2, 0.25) is 0 Å². The minimum Gasteiger partial charge on any atom is -0.398 e. The second kappa shape index (κ2) is 4.47. The molecule has 1 rings (SSSR count). The number of anilines is 1. The van der Waals surface area contributed by atoms with Gasteiger partial charge in [0.2, 0.25) is 0 Å². The van der Waals surface area contributed by atoms with Crippen molar-refractivity contribution in [1.82, 2.24) is 0 Å². The molecule has 82 valence electrons. The van der Waals surface area contributed by atoms with E-state index in [1.54, 1.807) is 6.07 Å². The molecule has 2 nitrogen and oxygen atoms in total. The third-order valence-electron chi connectivity index (χ3n) is 2.98. The molecule has 1 atom stereocenters. The molecule has 1 unspecified atom stereocenters. The molecule has 2 heteroatoms. The molecule has 2 N–H and O–H groups in total. The van der Waals surface area contributed by atoms with Gasteiger partial charge >= 0.3 is 0 Å². The van der Waals surface area contributed by atoms with Crippen LogP contribution >= 0.6 is 0 Å². The van der Waals surface area contributed by atoms with Crippen molar-refractivity contribution in [2.75, 3.05) is 5.73 Å².